The first-order chi connectivity index (χ1) is 14.5. The van der Waals surface area contributed by atoms with Gasteiger partial charge in [-0.3, -0.25) is 9.78 Å². The van der Waals surface area contributed by atoms with Crippen LogP contribution in [0.1, 0.15) is 16.8 Å². The molecule has 0 spiro atoms. The van der Waals surface area contributed by atoms with Crippen molar-refractivity contribution in [2.24, 2.45) is 12.8 Å². The first-order valence-corrected chi connectivity index (χ1v) is 9.58. The van der Waals surface area contributed by atoms with Crippen LogP contribution in [0, 0.1) is 0 Å². The van der Waals surface area contributed by atoms with Crippen molar-refractivity contribution in [3.63, 3.8) is 0 Å². The van der Waals surface area contributed by atoms with Crippen LogP contribution in [0.2, 0.25) is 0 Å². The molecule has 1 aliphatic rings. The zero-order chi connectivity index (χ0) is 20.8. The van der Waals surface area contributed by atoms with E-state index in [0.717, 1.165) is 12.0 Å². The molecule has 0 saturated carbocycles. The van der Waals surface area contributed by atoms with Crippen molar-refractivity contribution in [3.8, 4) is 22.8 Å². The van der Waals surface area contributed by atoms with E-state index < -0.39 is 0 Å². The van der Waals surface area contributed by atoms with Gasteiger partial charge in [-0.15, -0.1) is 12.4 Å². The molecular formula is C20H21ClN8O2. The number of nitrogens with two attached hydrogens (primary N) is 2. The lowest BCUT2D eigenvalue weighted by molar-refractivity contribution is 0.0792. The summed E-state index contributed by atoms with van der Waals surface area (Å²) < 4.78 is 6.53. The second-order valence-corrected chi connectivity index (χ2v) is 7.38. The monoisotopic (exact) mass is 440 g/mol. The number of benzene rings is 1. The molecule has 1 atom stereocenters. The number of fused-ring (bicyclic) bond motifs is 1. The van der Waals surface area contributed by atoms with Crippen LogP contribution in [0.25, 0.3) is 33.8 Å². The number of aromatic nitrogens is 5. The highest BCUT2D eigenvalue weighted by molar-refractivity contribution is 6.08. The molecule has 1 aromatic carbocycles. The van der Waals surface area contributed by atoms with Gasteiger partial charge < -0.3 is 20.9 Å². The number of rotatable bonds is 3. The first-order valence-electron chi connectivity index (χ1n) is 9.58. The van der Waals surface area contributed by atoms with E-state index in [1.54, 1.807) is 22.7 Å². The molecule has 1 amide bonds. The van der Waals surface area contributed by atoms with Crippen LogP contribution in [0.5, 0.6) is 0 Å². The molecule has 1 saturated heterocycles. The first kappa shape index (κ1) is 20.8. The number of hydrogen-bond donors (Lipinski definition) is 2. The molecule has 1 aliphatic heterocycles. The van der Waals surface area contributed by atoms with Crippen LogP contribution < -0.4 is 11.5 Å². The van der Waals surface area contributed by atoms with Crippen molar-refractivity contribution in [2.45, 2.75) is 12.5 Å². The predicted molar refractivity (Wildman–Crippen MR) is 117 cm³/mol. The molecule has 0 aliphatic carbocycles. The number of likely N-dealkylation sites (tertiary alicyclic amines) is 1. The zero-order valence-electron chi connectivity index (χ0n) is 16.7. The maximum atomic E-state index is 13.3. The Morgan fingerprint density at radius 3 is 2.61 bits per heavy atom. The fourth-order valence-corrected chi connectivity index (χ4v) is 3.89. The Bertz CT molecular complexity index is 1250. The molecule has 1 unspecified atom stereocenters. The summed E-state index contributed by atoms with van der Waals surface area (Å²) in [5, 5.41) is 7.53. The van der Waals surface area contributed by atoms with Crippen molar-refractivity contribution in [1.82, 2.24) is 29.7 Å². The largest absolute Gasteiger partial charge is 0.379 e. The summed E-state index contributed by atoms with van der Waals surface area (Å²) in [6.45, 7) is 1.14. The Morgan fingerprint density at radius 1 is 1.19 bits per heavy atom. The van der Waals surface area contributed by atoms with Crippen molar-refractivity contribution >= 4 is 35.2 Å². The fraction of sp³-hybridized carbons (Fsp3) is 0.250. The molecule has 31 heavy (non-hydrogen) atoms. The minimum Gasteiger partial charge on any atom is -0.379 e. The van der Waals surface area contributed by atoms with Crippen molar-refractivity contribution < 1.29 is 9.42 Å². The number of nitrogen functional groups attached to an aromatic ring is 1. The van der Waals surface area contributed by atoms with Gasteiger partial charge in [0, 0.05) is 37.9 Å². The molecule has 10 nitrogen and oxygen atoms in total. The number of amides is 1. The van der Waals surface area contributed by atoms with Crippen molar-refractivity contribution in [2.75, 3.05) is 18.8 Å². The van der Waals surface area contributed by atoms with Crippen LogP contribution in [0.3, 0.4) is 0 Å². The number of aryl methyl sites for hydroxylation is 1. The Balaban J connectivity index is 0.00000231. The van der Waals surface area contributed by atoms with Crippen LogP contribution in [-0.4, -0.2) is 54.8 Å². The van der Waals surface area contributed by atoms with Crippen molar-refractivity contribution in [1.29, 1.82) is 0 Å². The summed E-state index contributed by atoms with van der Waals surface area (Å²) >= 11 is 0. The van der Waals surface area contributed by atoms with Crippen LogP contribution in [0.15, 0.2) is 41.2 Å². The standard InChI is InChI=1S/C20H20N8O2.ClH/c1-27-17-13(20(29)28-8-7-12(21)10-28)9-23-14(11-5-3-2-4-6-11)15(17)24-19(27)16-18(22)26-30-25-16;/h2-6,9,12H,7-8,10,21H2,1H3,(H2,22,26);1H. The second kappa shape index (κ2) is 7.97. The lowest BCUT2D eigenvalue weighted by atomic mass is 10.1. The van der Waals surface area contributed by atoms with E-state index in [-0.39, 0.29) is 30.2 Å². The summed E-state index contributed by atoms with van der Waals surface area (Å²) in [7, 11) is 1.81. The van der Waals surface area contributed by atoms with Crippen LogP contribution in [0.4, 0.5) is 5.82 Å². The Labute approximate surface area is 183 Å². The summed E-state index contributed by atoms with van der Waals surface area (Å²) in [5.74, 6) is 0.447. The Morgan fingerprint density at radius 2 is 1.97 bits per heavy atom. The highest BCUT2D eigenvalue weighted by Gasteiger charge is 2.29. The SMILES string of the molecule is Cl.Cn1c(-c2nonc2N)nc2c(-c3ccccc3)ncc(C(=O)N3CCC(N)C3)c21. The van der Waals surface area contributed by atoms with Gasteiger partial charge in [-0.1, -0.05) is 30.3 Å². The van der Waals surface area contributed by atoms with E-state index in [0.29, 0.717) is 46.9 Å². The van der Waals surface area contributed by atoms with Crippen molar-refractivity contribution in [3.05, 3.63) is 42.1 Å². The second-order valence-electron chi connectivity index (χ2n) is 7.38. The third kappa shape index (κ3) is 3.39. The topological polar surface area (TPSA) is 142 Å². The van der Waals surface area contributed by atoms with E-state index in [9.17, 15) is 4.79 Å². The molecule has 5 rings (SSSR count). The summed E-state index contributed by atoms with van der Waals surface area (Å²) in [6, 6.07) is 9.67. The molecule has 11 heteroatoms. The van der Waals surface area contributed by atoms with E-state index in [1.165, 1.54) is 0 Å². The minimum absolute atomic E-state index is 0. The van der Waals surface area contributed by atoms with Gasteiger partial charge in [0.2, 0.25) is 0 Å². The lowest BCUT2D eigenvalue weighted by Gasteiger charge is -2.17. The zero-order valence-corrected chi connectivity index (χ0v) is 17.5. The lowest BCUT2D eigenvalue weighted by Crippen LogP contribution is -2.32. The van der Waals surface area contributed by atoms with Crippen LogP contribution >= 0.6 is 12.4 Å². The molecule has 0 bridgehead atoms. The molecule has 4 heterocycles. The highest BCUT2D eigenvalue weighted by Crippen LogP contribution is 2.33. The number of anilines is 1. The number of pyridine rings is 1. The minimum atomic E-state index is -0.124. The molecule has 0 radical (unpaired) electrons. The molecule has 1 fully saturated rings. The molecular weight excluding hydrogens is 420 g/mol. The Hall–Kier alpha value is -3.50. The third-order valence-corrected chi connectivity index (χ3v) is 5.41. The van der Waals surface area contributed by atoms with E-state index >= 15 is 0 Å². The number of halogens is 1. The van der Waals surface area contributed by atoms with Gasteiger partial charge in [-0.05, 0) is 16.7 Å². The number of nitrogens with zero attached hydrogens (tertiary/aromatic N) is 6. The van der Waals surface area contributed by atoms with Gasteiger partial charge in [-0.2, -0.15) is 0 Å². The summed E-state index contributed by atoms with van der Waals surface area (Å²) in [6.07, 6.45) is 2.38. The van der Waals surface area contributed by atoms with E-state index in [1.807, 2.05) is 30.3 Å². The maximum Gasteiger partial charge on any atom is 0.257 e. The average molecular weight is 441 g/mol. The molecule has 4 N–H and O–H groups in total. The normalized spacial score (nSPS) is 15.9. The van der Waals surface area contributed by atoms with Gasteiger partial charge in [-0.25, -0.2) is 9.61 Å². The van der Waals surface area contributed by atoms with Crippen LogP contribution in [-0.2, 0) is 7.05 Å². The molecule has 4 aromatic rings. The van der Waals surface area contributed by atoms with Gasteiger partial charge in [0.15, 0.2) is 17.3 Å². The van der Waals surface area contributed by atoms with E-state index in [2.05, 4.69) is 15.3 Å². The predicted octanol–water partition coefficient (Wildman–Crippen LogP) is 1.86. The summed E-state index contributed by atoms with van der Waals surface area (Å²) in [4.78, 5) is 24.4. The number of carbonyl (C=O) groups is 1. The average Bonchev–Trinajstić information content (AvgIpc) is 3.47. The third-order valence-electron chi connectivity index (χ3n) is 5.41. The van der Waals surface area contributed by atoms with Gasteiger partial charge in [0.25, 0.3) is 5.91 Å². The van der Waals surface area contributed by atoms with Gasteiger partial charge in [0.1, 0.15) is 5.52 Å². The number of hydrogen-bond acceptors (Lipinski definition) is 8. The Kier molecular flexibility index (Phi) is 5.34. The molecule has 3 aromatic heterocycles. The van der Waals surface area contributed by atoms with E-state index in [4.69, 9.17) is 21.1 Å². The highest BCUT2D eigenvalue weighted by atomic mass is 35.5. The fourth-order valence-electron chi connectivity index (χ4n) is 3.89. The number of carbonyl (C=O) groups excluding carboxylic acids is 1. The maximum absolute atomic E-state index is 13.3. The van der Waals surface area contributed by atoms with Gasteiger partial charge >= 0.3 is 0 Å². The summed E-state index contributed by atoms with van der Waals surface area (Å²) in [5.41, 5.74) is 15.4. The number of imidazole rings is 1. The molecule has 160 valence electrons. The quantitative estimate of drug-likeness (QED) is 0.491. The van der Waals surface area contributed by atoms with Gasteiger partial charge in [0.05, 0.1) is 16.8 Å². The smallest absolute Gasteiger partial charge is 0.257 e.